The van der Waals surface area contributed by atoms with Crippen LogP contribution in [0.25, 0.3) is 0 Å². The zero-order valence-electron chi connectivity index (χ0n) is 11.0. The normalized spacial score (nSPS) is 29.8. The van der Waals surface area contributed by atoms with Crippen LogP contribution in [0.15, 0.2) is 18.2 Å². The monoisotopic (exact) mass is 298 g/mol. The predicted molar refractivity (Wildman–Crippen MR) is 74.0 cm³/mol. The van der Waals surface area contributed by atoms with Gasteiger partial charge in [0.05, 0.1) is 5.60 Å². The van der Waals surface area contributed by atoms with Crippen LogP contribution in [0.4, 0.5) is 8.78 Å². The second kappa shape index (κ2) is 5.45. The van der Waals surface area contributed by atoms with Crippen molar-refractivity contribution in [2.75, 3.05) is 18.1 Å². The van der Waals surface area contributed by atoms with E-state index in [-0.39, 0.29) is 22.9 Å². The summed E-state index contributed by atoms with van der Waals surface area (Å²) in [7, 11) is 0. The largest absolute Gasteiger partial charge is 0.374 e. The van der Waals surface area contributed by atoms with Gasteiger partial charge in [-0.15, -0.1) is 0 Å². The lowest BCUT2D eigenvalue weighted by Crippen LogP contribution is -2.42. The minimum absolute atomic E-state index is 0.134. The number of ketones is 1. The van der Waals surface area contributed by atoms with Gasteiger partial charge in [-0.1, -0.05) is 0 Å². The molecule has 20 heavy (non-hydrogen) atoms. The predicted octanol–water partition coefficient (Wildman–Crippen LogP) is 3.45. The van der Waals surface area contributed by atoms with Crippen LogP contribution in [0.3, 0.4) is 0 Å². The first-order valence-electron chi connectivity index (χ1n) is 6.80. The van der Waals surface area contributed by atoms with E-state index in [1.807, 2.05) is 11.8 Å². The van der Waals surface area contributed by atoms with E-state index in [2.05, 4.69) is 0 Å². The highest BCUT2D eigenvalue weighted by molar-refractivity contribution is 7.99. The smallest absolute Gasteiger partial charge is 0.166 e. The molecule has 0 N–H and O–H groups in total. The van der Waals surface area contributed by atoms with Crippen molar-refractivity contribution in [3.05, 3.63) is 35.4 Å². The molecule has 2 nitrogen and oxygen atoms in total. The summed E-state index contributed by atoms with van der Waals surface area (Å²) in [5, 5.41) is 0. The molecule has 2 aliphatic rings. The Morgan fingerprint density at radius 2 is 2.05 bits per heavy atom. The van der Waals surface area contributed by atoms with Crippen molar-refractivity contribution in [3.8, 4) is 0 Å². The molecule has 2 aliphatic heterocycles. The molecule has 1 aromatic carbocycles. The molecule has 2 unspecified atom stereocenters. The molecular weight excluding hydrogens is 282 g/mol. The second-order valence-electron chi connectivity index (χ2n) is 5.55. The Hall–Kier alpha value is -0.940. The van der Waals surface area contributed by atoms with Crippen molar-refractivity contribution in [2.45, 2.75) is 24.9 Å². The fourth-order valence-electron chi connectivity index (χ4n) is 3.05. The summed E-state index contributed by atoms with van der Waals surface area (Å²) in [4.78, 5) is 12.4. The van der Waals surface area contributed by atoms with Gasteiger partial charge in [0, 0.05) is 29.9 Å². The van der Waals surface area contributed by atoms with Crippen LogP contribution in [0, 0.1) is 17.6 Å². The maximum atomic E-state index is 13.2. The van der Waals surface area contributed by atoms with Crippen molar-refractivity contribution in [2.24, 2.45) is 5.92 Å². The van der Waals surface area contributed by atoms with Crippen molar-refractivity contribution in [3.63, 3.8) is 0 Å². The second-order valence-corrected chi connectivity index (χ2v) is 6.65. The Morgan fingerprint density at radius 3 is 2.70 bits per heavy atom. The number of benzene rings is 1. The molecule has 2 heterocycles. The molecule has 5 heteroatoms. The van der Waals surface area contributed by atoms with Gasteiger partial charge in [-0.2, -0.15) is 11.8 Å². The van der Waals surface area contributed by atoms with Crippen molar-refractivity contribution in [1.82, 2.24) is 0 Å². The third-order valence-corrected chi connectivity index (χ3v) is 5.30. The van der Waals surface area contributed by atoms with E-state index < -0.39 is 11.6 Å². The van der Waals surface area contributed by atoms with E-state index >= 15 is 0 Å². The van der Waals surface area contributed by atoms with Crippen molar-refractivity contribution >= 4 is 17.5 Å². The number of hydrogen-bond acceptors (Lipinski definition) is 3. The third-order valence-electron chi connectivity index (χ3n) is 4.08. The highest BCUT2D eigenvalue weighted by Crippen LogP contribution is 2.41. The van der Waals surface area contributed by atoms with Gasteiger partial charge in [0.25, 0.3) is 0 Å². The Bertz CT molecular complexity index is 506. The summed E-state index contributed by atoms with van der Waals surface area (Å²) < 4.78 is 32.3. The van der Waals surface area contributed by atoms with Crippen LogP contribution in [-0.4, -0.2) is 29.5 Å². The van der Waals surface area contributed by atoms with E-state index in [0.29, 0.717) is 19.4 Å². The van der Waals surface area contributed by atoms with Gasteiger partial charge in [-0.05, 0) is 37.1 Å². The highest BCUT2D eigenvalue weighted by Gasteiger charge is 2.42. The standard InChI is InChI=1S/C15H16F2O2S/c16-12-5-11(6-13(17)7-12)14(18)10-1-3-19-15(8-10)2-4-20-9-15/h5-7,10H,1-4,8-9H2. The average Bonchev–Trinajstić information content (AvgIpc) is 2.85. The lowest BCUT2D eigenvalue weighted by Gasteiger charge is -2.37. The highest BCUT2D eigenvalue weighted by atomic mass is 32.2. The first kappa shape index (κ1) is 14.0. The molecule has 2 saturated heterocycles. The fraction of sp³-hybridized carbons (Fsp3) is 0.533. The third kappa shape index (κ3) is 2.74. The lowest BCUT2D eigenvalue weighted by atomic mass is 9.81. The minimum atomic E-state index is -0.702. The maximum Gasteiger partial charge on any atom is 0.166 e. The number of ether oxygens (including phenoxy) is 1. The summed E-state index contributed by atoms with van der Waals surface area (Å²) in [6.07, 6.45) is 2.25. The Kier molecular flexibility index (Phi) is 3.82. The van der Waals surface area contributed by atoms with E-state index in [0.717, 1.165) is 36.1 Å². The molecule has 2 atom stereocenters. The average molecular weight is 298 g/mol. The summed E-state index contributed by atoms with van der Waals surface area (Å²) in [5.74, 6) is 0.203. The molecule has 1 aromatic rings. The molecule has 0 amide bonds. The van der Waals surface area contributed by atoms with Gasteiger partial charge in [-0.25, -0.2) is 8.78 Å². The fourth-order valence-corrected chi connectivity index (χ4v) is 4.42. The van der Waals surface area contributed by atoms with Crippen molar-refractivity contribution < 1.29 is 18.3 Å². The van der Waals surface area contributed by atoms with E-state index in [1.165, 1.54) is 0 Å². The van der Waals surface area contributed by atoms with Crippen LogP contribution in [-0.2, 0) is 4.74 Å². The number of hydrogen-bond donors (Lipinski definition) is 0. The molecule has 2 fully saturated rings. The van der Waals surface area contributed by atoms with Crippen LogP contribution >= 0.6 is 11.8 Å². The summed E-state index contributed by atoms with van der Waals surface area (Å²) >= 11 is 1.84. The first-order chi connectivity index (χ1) is 9.58. The molecule has 108 valence electrons. The van der Waals surface area contributed by atoms with Gasteiger partial charge in [0.1, 0.15) is 11.6 Å². The quantitative estimate of drug-likeness (QED) is 0.782. The molecule has 0 radical (unpaired) electrons. The molecule has 3 rings (SSSR count). The van der Waals surface area contributed by atoms with Crippen LogP contribution < -0.4 is 0 Å². The number of thioether (sulfide) groups is 1. The van der Waals surface area contributed by atoms with Gasteiger partial charge in [0.2, 0.25) is 0 Å². The molecule has 0 aromatic heterocycles. The molecular formula is C15H16F2O2S. The molecule has 0 saturated carbocycles. The summed E-state index contributed by atoms with van der Waals surface area (Å²) in [6.45, 7) is 0.550. The number of carbonyl (C=O) groups excluding carboxylic acids is 1. The van der Waals surface area contributed by atoms with E-state index in [1.54, 1.807) is 0 Å². The van der Waals surface area contributed by atoms with Gasteiger partial charge in [-0.3, -0.25) is 4.79 Å². The van der Waals surface area contributed by atoms with Gasteiger partial charge in [0.15, 0.2) is 5.78 Å². The molecule has 0 aliphatic carbocycles. The zero-order chi connectivity index (χ0) is 14.2. The topological polar surface area (TPSA) is 26.3 Å². The lowest BCUT2D eigenvalue weighted by molar-refractivity contribution is -0.0734. The Morgan fingerprint density at radius 1 is 1.30 bits per heavy atom. The van der Waals surface area contributed by atoms with E-state index in [9.17, 15) is 13.6 Å². The minimum Gasteiger partial charge on any atom is -0.374 e. The van der Waals surface area contributed by atoms with Gasteiger partial charge >= 0.3 is 0 Å². The van der Waals surface area contributed by atoms with Crippen LogP contribution in [0.5, 0.6) is 0 Å². The molecule has 1 spiro atoms. The maximum absolute atomic E-state index is 13.2. The Balaban J connectivity index is 1.79. The van der Waals surface area contributed by atoms with Crippen LogP contribution in [0.1, 0.15) is 29.6 Å². The molecule has 0 bridgehead atoms. The van der Waals surface area contributed by atoms with Crippen LogP contribution in [0.2, 0.25) is 0 Å². The number of rotatable bonds is 2. The first-order valence-corrected chi connectivity index (χ1v) is 7.95. The SMILES string of the molecule is O=C(c1cc(F)cc(F)c1)C1CCOC2(CCSC2)C1. The Labute approximate surface area is 120 Å². The number of carbonyl (C=O) groups is 1. The van der Waals surface area contributed by atoms with Crippen molar-refractivity contribution in [1.29, 1.82) is 0 Å². The van der Waals surface area contributed by atoms with E-state index in [4.69, 9.17) is 4.74 Å². The zero-order valence-corrected chi connectivity index (χ0v) is 11.8. The van der Waals surface area contributed by atoms with Gasteiger partial charge < -0.3 is 4.74 Å². The number of Topliss-reactive ketones (excluding diaryl/α,β-unsaturated/α-hetero) is 1. The summed E-state index contributed by atoms with van der Waals surface area (Å²) in [5.41, 5.74) is -0.0648. The summed E-state index contributed by atoms with van der Waals surface area (Å²) in [6, 6.07) is 3.03. The number of halogens is 2.